The Morgan fingerprint density at radius 2 is 1.92 bits per heavy atom. The van der Waals surface area contributed by atoms with E-state index < -0.39 is 12.6 Å². The highest BCUT2D eigenvalue weighted by Crippen LogP contribution is 2.21. The second-order valence-corrected chi connectivity index (χ2v) is 2.99. The second-order valence-electron chi connectivity index (χ2n) is 2.41. The third kappa shape index (κ3) is 9.68. The molecular weight excluding hydrogens is 189 g/mol. The third-order valence-corrected chi connectivity index (χ3v) is 1.28. The van der Waals surface area contributed by atoms with Gasteiger partial charge in [-0.05, 0) is 25.1 Å². The van der Waals surface area contributed by atoms with Crippen LogP contribution in [-0.2, 0) is 4.74 Å². The molecule has 0 spiro atoms. The van der Waals surface area contributed by atoms with Crippen molar-refractivity contribution in [1.82, 2.24) is 0 Å². The van der Waals surface area contributed by atoms with Crippen molar-refractivity contribution in [2.24, 2.45) is 0 Å². The Balaban J connectivity index is 3.17. The number of unbranched alkanes of at least 4 members (excludes halogenated alkanes) is 1. The molecule has 0 N–H and O–H groups in total. The Morgan fingerprint density at radius 3 is 2.33 bits per heavy atom. The molecule has 0 bridgehead atoms. The Morgan fingerprint density at radius 1 is 1.33 bits per heavy atom. The van der Waals surface area contributed by atoms with E-state index in [1.54, 1.807) is 6.92 Å². The van der Waals surface area contributed by atoms with Gasteiger partial charge in [0.2, 0.25) is 0 Å². The molecule has 1 nitrogen and oxygen atoms in total. The molecule has 0 atom stereocenters. The number of rotatable bonds is 4. The Labute approximate surface area is 74.9 Å². The van der Waals surface area contributed by atoms with Crippen molar-refractivity contribution in [2.45, 2.75) is 32.4 Å². The third-order valence-electron chi connectivity index (χ3n) is 1.16. The van der Waals surface area contributed by atoms with Crippen LogP contribution < -0.4 is 0 Å². The zero-order valence-corrected chi connectivity index (χ0v) is 7.60. The highest BCUT2D eigenvalue weighted by Gasteiger charge is 2.25. The van der Waals surface area contributed by atoms with Crippen LogP contribution >= 0.6 is 12.2 Å². The van der Waals surface area contributed by atoms with Gasteiger partial charge in [-0.3, -0.25) is 0 Å². The van der Waals surface area contributed by atoms with Gasteiger partial charge in [0.15, 0.2) is 5.05 Å². The van der Waals surface area contributed by atoms with Gasteiger partial charge in [-0.15, -0.1) is 0 Å². The minimum absolute atomic E-state index is 0.103. The van der Waals surface area contributed by atoms with E-state index in [9.17, 15) is 13.2 Å². The van der Waals surface area contributed by atoms with E-state index in [0.29, 0.717) is 11.5 Å². The Bertz CT molecular complexity index is 144. The van der Waals surface area contributed by atoms with Gasteiger partial charge in [0.05, 0.1) is 6.61 Å². The minimum atomic E-state index is -4.05. The molecule has 72 valence electrons. The van der Waals surface area contributed by atoms with Crippen molar-refractivity contribution in [2.75, 3.05) is 6.61 Å². The van der Waals surface area contributed by atoms with Gasteiger partial charge in [-0.1, -0.05) is 0 Å². The summed E-state index contributed by atoms with van der Waals surface area (Å²) in [5, 5.41) is 0.377. The molecule has 0 radical (unpaired) electrons. The standard InChI is InChI=1S/C7H11F3OS/c1-6(12)11-5-3-2-4-7(8,9)10/h2-5H2,1H3. The van der Waals surface area contributed by atoms with Gasteiger partial charge in [0.1, 0.15) is 0 Å². The van der Waals surface area contributed by atoms with E-state index in [-0.39, 0.29) is 13.0 Å². The first-order chi connectivity index (χ1) is 5.42. The summed E-state index contributed by atoms with van der Waals surface area (Å²) in [4.78, 5) is 0. The van der Waals surface area contributed by atoms with Crippen molar-refractivity contribution in [3.63, 3.8) is 0 Å². The molecule has 0 aliphatic heterocycles. The summed E-state index contributed by atoms with van der Waals surface area (Å²) < 4.78 is 39.5. The van der Waals surface area contributed by atoms with Crippen LogP contribution in [0.25, 0.3) is 0 Å². The summed E-state index contributed by atoms with van der Waals surface area (Å²) in [5.41, 5.74) is 0. The van der Waals surface area contributed by atoms with Gasteiger partial charge < -0.3 is 4.74 Å². The Hall–Kier alpha value is -0.320. The highest BCUT2D eigenvalue weighted by molar-refractivity contribution is 7.80. The number of alkyl halides is 3. The maximum atomic E-state index is 11.6. The lowest BCUT2D eigenvalue weighted by Crippen LogP contribution is -2.07. The van der Waals surface area contributed by atoms with Crippen molar-refractivity contribution >= 4 is 17.3 Å². The average Bonchev–Trinajstić information content (AvgIpc) is 1.83. The lowest BCUT2D eigenvalue weighted by atomic mass is 10.2. The van der Waals surface area contributed by atoms with Crippen LogP contribution in [0.3, 0.4) is 0 Å². The summed E-state index contributed by atoms with van der Waals surface area (Å²) in [7, 11) is 0. The lowest BCUT2D eigenvalue weighted by molar-refractivity contribution is -0.135. The highest BCUT2D eigenvalue weighted by atomic mass is 32.1. The molecule has 0 aromatic heterocycles. The van der Waals surface area contributed by atoms with Gasteiger partial charge >= 0.3 is 6.18 Å². The van der Waals surface area contributed by atoms with Crippen LogP contribution in [0.5, 0.6) is 0 Å². The summed E-state index contributed by atoms with van der Waals surface area (Å²) in [6, 6.07) is 0. The molecule has 0 aliphatic carbocycles. The first-order valence-electron chi connectivity index (χ1n) is 3.62. The molecule has 0 heterocycles. The van der Waals surface area contributed by atoms with Crippen LogP contribution in [0, 0.1) is 0 Å². The monoisotopic (exact) mass is 200 g/mol. The Kier molecular flexibility index (Phi) is 5.20. The molecule has 12 heavy (non-hydrogen) atoms. The topological polar surface area (TPSA) is 9.23 Å². The van der Waals surface area contributed by atoms with Crippen LogP contribution in [0.4, 0.5) is 13.2 Å². The van der Waals surface area contributed by atoms with E-state index in [1.807, 2.05) is 0 Å². The quantitative estimate of drug-likeness (QED) is 0.509. The number of hydrogen-bond donors (Lipinski definition) is 0. The molecule has 0 fully saturated rings. The zero-order chi connectivity index (χ0) is 9.61. The number of halogens is 3. The summed E-state index contributed by atoms with van der Waals surface area (Å²) in [6.07, 6.45) is -4.29. The first kappa shape index (κ1) is 11.7. The molecule has 0 saturated carbocycles. The van der Waals surface area contributed by atoms with Gasteiger partial charge in [-0.2, -0.15) is 13.2 Å². The minimum Gasteiger partial charge on any atom is -0.487 e. The first-order valence-corrected chi connectivity index (χ1v) is 4.03. The number of hydrogen-bond acceptors (Lipinski definition) is 2. The van der Waals surface area contributed by atoms with Crippen LogP contribution in [0.1, 0.15) is 26.2 Å². The van der Waals surface area contributed by atoms with Gasteiger partial charge in [-0.25, -0.2) is 0 Å². The van der Waals surface area contributed by atoms with E-state index >= 15 is 0 Å². The predicted octanol–water partition coefficient (Wildman–Crippen LogP) is 3.08. The summed E-state index contributed by atoms with van der Waals surface area (Å²) in [5.74, 6) is 0. The molecular formula is C7H11F3OS. The molecule has 0 rings (SSSR count). The number of ether oxygens (including phenoxy) is 1. The van der Waals surface area contributed by atoms with Gasteiger partial charge in [0.25, 0.3) is 0 Å². The molecule has 0 aromatic carbocycles. The maximum Gasteiger partial charge on any atom is 0.389 e. The molecule has 0 saturated heterocycles. The normalized spacial score (nSPS) is 11.3. The van der Waals surface area contributed by atoms with E-state index in [4.69, 9.17) is 4.74 Å². The average molecular weight is 200 g/mol. The summed E-state index contributed by atoms with van der Waals surface area (Å²) >= 11 is 4.57. The van der Waals surface area contributed by atoms with E-state index in [2.05, 4.69) is 12.2 Å². The fraction of sp³-hybridized carbons (Fsp3) is 0.857. The molecule has 0 aromatic rings. The van der Waals surface area contributed by atoms with Crippen molar-refractivity contribution in [1.29, 1.82) is 0 Å². The summed E-state index contributed by atoms with van der Waals surface area (Å²) in [6.45, 7) is 1.88. The van der Waals surface area contributed by atoms with Crippen molar-refractivity contribution in [3.05, 3.63) is 0 Å². The molecule has 0 amide bonds. The van der Waals surface area contributed by atoms with Gasteiger partial charge in [0, 0.05) is 13.3 Å². The smallest absolute Gasteiger partial charge is 0.389 e. The number of thiocarbonyl (C=S) groups is 1. The van der Waals surface area contributed by atoms with Crippen LogP contribution in [0.15, 0.2) is 0 Å². The van der Waals surface area contributed by atoms with Crippen LogP contribution in [-0.4, -0.2) is 17.8 Å². The molecule has 0 aliphatic rings. The van der Waals surface area contributed by atoms with Crippen LogP contribution in [0.2, 0.25) is 0 Å². The van der Waals surface area contributed by atoms with E-state index in [0.717, 1.165) is 0 Å². The predicted molar refractivity (Wildman–Crippen MR) is 44.1 cm³/mol. The largest absolute Gasteiger partial charge is 0.487 e. The molecule has 5 heteroatoms. The lowest BCUT2D eigenvalue weighted by Gasteiger charge is -2.06. The fourth-order valence-electron chi connectivity index (χ4n) is 0.643. The van der Waals surface area contributed by atoms with E-state index in [1.165, 1.54) is 0 Å². The zero-order valence-electron chi connectivity index (χ0n) is 6.78. The fourth-order valence-corrected chi connectivity index (χ4v) is 0.727. The van der Waals surface area contributed by atoms with Crippen molar-refractivity contribution < 1.29 is 17.9 Å². The SMILES string of the molecule is CC(=S)OCCCCC(F)(F)F. The molecule has 0 unspecified atom stereocenters. The second kappa shape index (κ2) is 5.35. The maximum absolute atomic E-state index is 11.6. The van der Waals surface area contributed by atoms with Crippen molar-refractivity contribution in [3.8, 4) is 0 Å².